The summed E-state index contributed by atoms with van der Waals surface area (Å²) in [7, 11) is 0. The average Bonchev–Trinajstić information content (AvgIpc) is 2.45. The number of rotatable bonds is 5. The van der Waals surface area contributed by atoms with Crippen LogP contribution in [0.3, 0.4) is 0 Å². The van der Waals surface area contributed by atoms with Gasteiger partial charge in [0.05, 0.1) is 11.2 Å². The Hall–Kier alpha value is -0.0800. The van der Waals surface area contributed by atoms with Crippen molar-refractivity contribution >= 4 is 0 Å². The van der Waals surface area contributed by atoms with Gasteiger partial charge < -0.3 is 10.2 Å². The van der Waals surface area contributed by atoms with E-state index in [0.29, 0.717) is 0 Å². The summed E-state index contributed by atoms with van der Waals surface area (Å²) in [4.78, 5) is 0. The van der Waals surface area contributed by atoms with Crippen molar-refractivity contribution in [2.24, 2.45) is 11.8 Å². The molecule has 2 N–H and O–H groups in total. The normalized spacial score (nSPS) is 42.6. The fourth-order valence-electron chi connectivity index (χ4n) is 4.63. The van der Waals surface area contributed by atoms with Crippen LogP contribution in [0.2, 0.25) is 0 Å². The van der Waals surface area contributed by atoms with Gasteiger partial charge in [0.25, 0.3) is 0 Å². The van der Waals surface area contributed by atoms with Crippen LogP contribution in [0.4, 0.5) is 0 Å². The summed E-state index contributed by atoms with van der Waals surface area (Å²) in [6.07, 6.45) is 12.7. The second kappa shape index (κ2) is 6.79. The van der Waals surface area contributed by atoms with Crippen LogP contribution < -0.4 is 0 Å². The molecule has 2 fully saturated rings. The Morgan fingerprint density at radius 2 is 1.00 bits per heavy atom. The van der Waals surface area contributed by atoms with E-state index in [-0.39, 0.29) is 0 Å². The topological polar surface area (TPSA) is 40.5 Å². The maximum absolute atomic E-state index is 11.0. The van der Waals surface area contributed by atoms with Crippen LogP contribution in [-0.4, -0.2) is 21.4 Å². The Morgan fingerprint density at radius 3 is 1.25 bits per heavy atom. The number of hydrogen-bond donors (Lipinski definition) is 2. The first kappa shape index (κ1) is 16.3. The molecule has 118 valence electrons. The molecule has 0 radical (unpaired) electrons. The Labute approximate surface area is 125 Å². The van der Waals surface area contributed by atoms with Crippen LogP contribution in [-0.2, 0) is 0 Å². The van der Waals surface area contributed by atoms with E-state index in [2.05, 4.69) is 13.8 Å². The highest BCUT2D eigenvalue weighted by Gasteiger charge is 2.51. The van der Waals surface area contributed by atoms with Gasteiger partial charge in [0.2, 0.25) is 0 Å². The smallest absolute Gasteiger partial charge is 0.0933 e. The second-order valence-electron chi connectivity index (χ2n) is 7.53. The minimum atomic E-state index is -0.797. The van der Waals surface area contributed by atoms with Gasteiger partial charge in [-0.15, -0.1) is 0 Å². The molecule has 0 aromatic carbocycles. The largest absolute Gasteiger partial charge is 0.387 e. The van der Waals surface area contributed by atoms with Crippen molar-refractivity contribution in [2.75, 3.05) is 0 Å². The van der Waals surface area contributed by atoms with E-state index in [4.69, 9.17) is 0 Å². The minimum Gasteiger partial charge on any atom is -0.387 e. The average molecular weight is 282 g/mol. The lowest BCUT2D eigenvalue weighted by atomic mass is 9.62. The van der Waals surface area contributed by atoms with E-state index in [0.717, 1.165) is 63.2 Å². The van der Waals surface area contributed by atoms with Gasteiger partial charge in [0.15, 0.2) is 0 Å². The summed E-state index contributed by atoms with van der Waals surface area (Å²) in [5.41, 5.74) is -1.59. The van der Waals surface area contributed by atoms with E-state index < -0.39 is 11.2 Å². The maximum atomic E-state index is 11.0. The van der Waals surface area contributed by atoms with Crippen molar-refractivity contribution < 1.29 is 10.2 Å². The van der Waals surface area contributed by atoms with E-state index >= 15 is 0 Å². The molecule has 0 saturated heterocycles. The second-order valence-corrected chi connectivity index (χ2v) is 7.53. The molecule has 0 spiro atoms. The molecule has 2 rings (SSSR count). The van der Waals surface area contributed by atoms with Gasteiger partial charge in [-0.3, -0.25) is 0 Å². The molecule has 0 aromatic heterocycles. The van der Waals surface area contributed by atoms with Gasteiger partial charge in [-0.05, 0) is 63.2 Å². The zero-order valence-electron chi connectivity index (χ0n) is 13.5. The van der Waals surface area contributed by atoms with Crippen molar-refractivity contribution in [1.82, 2.24) is 0 Å². The molecule has 0 bridgehead atoms. The predicted molar refractivity (Wildman–Crippen MR) is 83.6 cm³/mol. The number of aliphatic hydroxyl groups is 2. The van der Waals surface area contributed by atoms with Gasteiger partial charge in [-0.2, -0.15) is 0 Å². The SMILES string of the molecule is CCCC1CCC(O)(C2(O)CCC(CCC)CC2)CC1. The molecule has 20 heavy (non-hydrogen) atoms. The van der Waals surface area contributed by atoms with Gasteiger partial charge in [0, 0.05) is 0 Å². The maximum Gasteiger partial charge on any atom is 0.0933 e. The van der Waals surface area contributed by atoms with E-state index in [9.17, 15) is 10.2 Å². The van der Waals surface area contributed by atoms with Crippen LogP contribution in [0.15, 0.2) is 0 Å². The fraction of sp³-hybridized carbons (Fsp3) is 1.00. The zero-order valence-corrected chi connectivity index (χ0v) is 13.5. The molecule has 0 atom stereocenters. The lowest BCUT2D eigenvalue weighted by molar-refractivity contribution is -0.191. The van der Waals surface area contributed by atoms with Gasteiger partial charge >= 0.3 is 0 Å². The highest BCUT2D eigenvalue weighted by atomic mass is 16.4. The third kappa shape index (κ3) is 3.39. The fourth-order valence-corrected chi connectivity index (χ4v) is 4.63. The molecule has 2 saturated carbocycles. The van der Waals surface area contributed by atoms with Gasteiger partial charge in [0.1, 0.15) is 0 Å². The Bertz CT molecular complexity index is 254. The summed E-state index contributed by atoms with van der Waals surface area (Å²) in [6, 6.07) is 0. The van der Waals surface area contributed by atoms with Crippen LogP contribution in [0.25, 0.3) is 0 Å². The van der Waals surface area contributed by atoms with Crippen LogP contribution >= 0.6 is 0 Å². The summed E-state index contributed by atoms with van der Waals surface area (Å²) in [5.74, 6) is 1.56. The van der Waals surface area contributed by atoms with Gasteiger partial charge in [-0.1, -0.05) is 39.5 Å². The molecule has 0 aliphatic heterocycles. The zero-order chi connectivity index (χ0) is 14.6. The molecule has 2 nitrogen and oxygen atoms in total. The van der Waals surface area contributed by atoms with Gasteiger partial charge in [-0.25, -0.2) is 0 Å². The van der Waals surface area contributed by atoms with Crippen LogP contribution in [0.1, 0.15) is 90.9 Å². The van der Waals surface area contributed by atoms with Crippen molar-refractivity contribution in [2.45, 2.75) is 102 Å². The third-order valence-corrected chi connectivity index (χ3v) is 6.12. The van der Waals surface area contributed by atoms with Crippen molar-refractivity contribution in [3.8, 4) is 0 Å². The first-order chi connectivity index (χ1) is 9.53. The Morgan fingerprint density at radius 1 is 0.700 bits per heavy atom. The molecule has 0 heterocycles. The first-order valence-electron chi connectivity index (χ1n) is 8.98. The molecule has 0 aromatic rings. The first-order valence-corrected chi connectivity index (χ1v) is 8.98. The molecular weight excluding hydrogens is 248 g/mol. The van der Waals surface area contributed by atoms with Crippen LogP contribution in [0, 0.1) is 11.8 Å². The standard InChI is InChI=1S/C18H34O2/c1-3-5-15-7-11-17(19,12-8-15)18(20)13-9-16(6-4-2)10-14-18/h15-16,19-20H,3-14H2,1-2H3. The molecule has 0 unspecified atom stereocenters. The quantitative estimate of drug-likeness (QED) is 0.783. The van der Waals surface area contributed by atoms with Crippen LogP contribution in [0.5, 0.6) is 0 Å². The van der Waals surface area contributed by atoms with E-state index in [1.807, 2.05) is 0 Å². The Balaban J connectivity index is 1.90. The molecule has 0 amide bonds. The Kier molecular flexibility index (Phi) is 5.53. The lowest BCUT2D eigenvalue weighted by Crippen LogP contribution is -2.57. The van der Waals surface area contributed by atoms with Crippen molar-refractivity contribution in [1.29, 1.82) is 0 Å². The van der Waals surface area contributed by atoms with E-state index in [1.165, 1.54) is 25.7 Å². The van der Waals surface area contributed by atoms with E-state index in [1.54, 1.807) is 0 Å². The summed E-state index contributed by atoms with van der Waals surface area (Å²) in [5, 5.41) is 22.0. The summed E-state index contributed by atoms with van der Waals surface area (Å²) >= 11 is 0. The summed E-state index contributed by atoms with van der Waals surface area (Å²) in [6.45, 7) is 4.48. The molecule has 2 aliphatic carbocycles. The molecular formula is C18H34O2. The predicted octanol–water partition coefficient (Wildman–Crippen LogP) is 4.43. The highest BCUT2D eigenvalue weighted by molar-refractivity contribution is 5.04. The molecule has 2 heteroatoms. The minimum absolute atomic E-state index is 0.778. The number of hydrogen-bond acceptors (Lipinski definition) is 2. The summed E-state index contributed by atoms with van der Waals surface area (Å²) < 4.78 is 0. The van der Waals surface area contributed by atoms with Crippen molar-refractivity contribution in [3.63, 3.8) is 0 Å². The third-order valence-electron chi connectivity index (χ3n) is 6.12. The molecule has 2 aliphatic rings. The van der Waals surface area contributed by atoms with Crippen molar-refractivity contribution in [3.05, 3.63) is 0 Å². The highest BCUT2D eigenvalue weighted by Crippen LogP contribution is 2.48. The monoisotopic (exact) mass is 282 g/mol. The lowest BCUT2D eigenvalue weighted by Gasteiger charge is -2.50.